The van der Waals surface area contributed by atoms with Gasteiger partial charge in [-0.2, -0.15) is 0 Å². The summed E-state index contributed by atoms with van der Waals surface area (Å²) in [6.07, 6.45) is 3.07. The Hall–Kier alpha value is -1.45. The number of hydrogen-bond acceptors (Lipinski definition) is 3. The summed E-state index contributed by atoms with van der Waals surface area (Å²) in [4.78, 5) is 8.00. The lowest BCUT2D eigenvalue weighted by Gasteiger charge is -2.04. The van der Waals surface area contributed by atoms with Crippen LogP contribution in [-0.2, 0) is 6.61 Å². The van der Waals surface area contributed by atoms with Crippen LogP contribution in [0.4, 0.5) is 0 Å². The molecule has 0 saturated heterocycles. The highest BCUT2D eigenvalue weighted by molar-refractivity contribution is 6.30. The maximum absolute atomic E-state index is 9.13. The van der Waals surface area contributed by atoms with Crippen molar-refractivity contribution < 1.29 is 5.11 Å². The second-order valence-electron chi connectivity index (χ2n) is 3.06. The van der Waals surface area contributed by atoms with E-state index in [1.807, 2.05) is 12.1 Å². The molecule has 1 heterocycles. The first-order valence-corrected chi connectivity index (χ1v) is 4.84. The highest BCUT2D eigenvalue weighted by Gasteiger charge is 2.05. The SMILES string of the molecule is OCc1cncnc1-c1ccc(Cl)cc1. The zero-order chi connectivity index (χ0) is 10.7. The van der Waals surface area contributed by atoms with Crippen molar-refractivity contribution in [2.24, 2.45) is 0 Å². The third-order valence-corrected chi connectivity index (χ3v) is 2.33. The molecular formula is C11H9ClN2O. The minimum Gasteiger partial charge on any atom is -0.392 e. The quantitative estimate of drug-likeness (QED) is 0.845. The van der Waals surface area contributed by atoms with E-state index < -0.39 is 0 Å². The molecule has 0 saturated carbocycles. The van der Waals surface area contributed by atoms with Gasteiger partial charge in [0, 0.05) is 22.3 Å². The predicted molar refractivity (Wildman–Crippen MR) is 58.4 cm³/mol. The maximum atomic E-state index is 9.13. The van der Waals surface area contributed by atoms with Crippen molar-refractivity contribution in [2.75, 3.05) is 0 Å². The zero-order valence-electron chi connectivity index (χ0n) is 7.89. The molecule has 3 nitrogen and oxygen atoms in total. The number of nitrogens with zero attached hydrogens (tertiary/aromatic N) is 2. The van der Waals surface area contributed by atoms with Crippen LogP contribution in [0.1, 0.15) is 5.56 Å². The third kappa shape index (κ3) is 2.14. The molecule has 15 heavy (non-hydrogen) atoms. The summed E-state index contributed by atoms with van der Waals surface area (Å²) in [6, 6.07) is 7.31. The standard InChI is InChI=1S/C11H9ClN2O/c12-10-3-1-8(2-4-10)11-9(6-15)5-13-7-14-11/h1-5,7,15H,6H2. The van der Waals surface area contributed by atoms with Crippen molar-refractivity contribution in [1.82, 2.24) is 9.97 Å². The number of aromatic nitrogens is 2. The van der Waals surface area contributed by atoms with Gasteiger partial charge in [-0.05, 0) is 12.1 Å². The predicted octanol–water partition coefficient (Wildman–Crippen LogP) is 2.29. The van der Waals surface area contributed by atoms with Gasteiger partial charge in [0.05, 0.1) is 12.3 Å². The zero-order valence-corrected chi connectivity index (χ0v) is 8.65. The van der Waals surface area contributed by atoms with Crippen LogP contribution in [-0.4, -0.2) is 15.1 Å². The molecule has 0 aliphatic rings. The molecule has 0 fully saturated rings. The number of hydrogen-bond donors (Lipinski definition) is 1. The second-order valence-corrected chi connectivity index (χ2v) is 3.50. The van der Waals surface area contributed by atoms with Gasteiger partial charge in [-0.3, -0.25) is 0 Å². The molecule has 1 aromatic carbocycles. The van der Waals surface area contributed by atoms with Gasteiger partial charge in [-0.15, -0.1) is 0 Å². The van der Waals surface area contributed by atoms with Gasteiger partial charge < -0.3 is 5.11 Å². The molecule has 0 atom stereocenters. The molecule has 2 aromatic rings. The Morgan fingerprint density at radius 2 is 1.93 bits per heavy atom. The molecular weight excluding hydrogens is 212 g/mol. The minimum absolute atomic E-state index is 0.0706. The lowest BCUT2D eigenvalue weighted by molar-refractivity contribution is 0.281. The first-order valence-electron chi connectivity index (χ1n) is 4.47. The lowest BCUT2D eigenvalue weighted by Crippen LogP contribution is -1.93. The monoisotopic (exact) mass is 220 g/mol. The van der Waals surface area contributed by atoms with E-state index in [1.165, 1.54) is 6.33 Å². The summed E-state index contributed by atoms with van der Waals surface area (Å²) in [5.41, 5.74) is 2.37. The Bertz CT molecular complexity index is 456. The largest absolute Gasteiger partial charge is 0.392 e. The van der Waals surface area contributed by atoms with E-state index in [9.17, 15) is 0 Å². The minimum atomic E-state index is -0.0706. The average Bonchev–Trinajstić information content (AvgIpc) is 2.30. The number of halogens is 1. The van der Waals surface area contributed by atoms with Crippen LogP contribution in [0, 0.1) is 0 Å². The molecule has 0 radical (unpaired) electrons. The van der Waals surface area contributed by atoms with Gasteiger partial charge >= 0.3 is 0 Å². The molecule has 0 aliphatic heterocycles. The number of rotatable bonds is 2. The van der Waals surface area contributed by atoms with Crippen LogP contribution < -0.4 is 0 Å². The van der Waals surface area contributed by atoms with Crippen molar-refractivity contribution in [3.63, 3.8) is 0 Å². The van der Waals surface area contributed by atoms with Crippen molar-refractivity contribution in [1.29, 1.82) is 0 Å². The Balaban J connectivity index is 2.49. The fourth-order valence-electron chi connectivity index (χ4n) is 1.34. The van der Waals surface area contributed by atoms with Gasteiger partial charge in [0.25, 0.3) is 0 Å². The normalized spacial score (nSPS) is 10.3. The Labute approximate surface area is 92.4 Å². The lowest BCUT2D eigenvalue weighted by atomic mass is 10.1. The van der Waals surface area contributed by atoms with E-state index in [0.717, 1.165) is 11.3 Å². The molecule has 0 unspecified atom stereocenters. The highest BCUT2D eigenvalue weighted by Crippen LogP contribution is 2.22. The first kappa shape index (κ1) is 10.1. The summed E-state index contributed by atoms with van der Waals surface area (Å²) < 4.78 is 0. The number of aliphatic hydroxyl groups excluding tert-OH is 1. The fourth-order valence-corrected chi connectivity index (χ4v) is 1.47. The summed E-state index contributed by atoms with van der Waals surface area (Å²) in [7, 11) is 0. The van der Waals surface area contributed by atoms with Crippen LogP contribution in [0.15, 0.2) is 36.8 Å². The topological polar surface area (TPSA) is 46.0 Å². The molecule has 1 aromatic heterocycles. The van der Waals surface area contributed by atoms with E-state index in [2.05, 4.69) is 9.97 Å². The van der Waals surface area contributed by atoms with Crippen molar-refractivity contribution in [3.8, 4) is 11.3 Å². The van der Waals surface area contributed by atoms with Gasteiger partial charge in [-0.1, -0.05) is 23.7 Å². The maximum Gasteiger partial charge on any atom is 0.116 e. The van der Waals surface area contributed by atoms with Gasteiger partial charge in [0.15, 0.2) is 0 Å². The van der Waals surface area contributed by atoms with Crippen LogP contribution in [0.25, 0.3) is 11.3 Å². The summed E-state index contributed by atoms with van der Waals surface area (Å²) in [5.74, 6) is 0. The van der Waals surface area contributed by atoms with Crippen LogP contribution in [0.3, 0.4) is 0 Å². The van der Waals surface area contributed by atoms with Crippen LogP contribution >= 0.6 is 11.6 Å². The molecule has 0 amide bonds. The summed E-state index contributed by atoms with van der Waals surface area (Å²) in [6.45, 7) is -0.0706. The second kappa shape index (κ2) is 4.38. The average molecular weight is 221 g/mol. The van der Waals surface area contributed by atoms with E-state index >= 15 is 0 Å². The first-order chi connectivity index (χ1) is 7.31. The summed E-state index contributed by atoms with van der Waals surface area (Å²) >= 11 is 5.79. The van der Waals surface area contributed by atoms with Gasteiger partial charge in [0.2, 0.25) is 0 Å². The molecule has 0 spiro atoms. The third-order valence-electron chi connectivity index (χ3n) is 2.08. The van der Waals surface area contributed by atoms with E-state index in [4.69, 9.17) is 16.7 Å². The van der Waals surface area contributed by atoms with E-state index in [-0.39, 0.29) is 6.61 Å². The fraction of sp³-hybridized carbons (Fsp3) is 0.0909. The smallest absolute Gasteiger partial charge is 0.116 e. The van der Waals surface area contributed by atoms with Crippen molar-refractivity contribution in [2.45, 2.75) is 6.61 Å². The van der Waals surface area contributed by atoms with Crippen LogP contribution in [0.2, 0.25) is 5.02 Å². The highest BCUT2D eigenvalue weighted by atomic mass is 35.5. The molecule has 76 valence electrons. The van der Waals surface area contributed by atoms with Gasteiger partial charge in [-0.25, -0.2) is 9.97 Å². The molecule has 1 N–H and O–H groups in total. The number of aliphatic hydroxyl groups is 1. The number of benzene rings is 1. The summed E-state index contributed by atoms with van der Waals surface area (Å²) in [5, 5.41) is 9.81. The molecule has 0 bridgehead atoms. The molecule has 2 rings (SSSR count). The molecule has 4 heteroatoms. The van der Waals surface area contributed by atoms with Crippen LogP contribution in [0.5, 0.6) is 0 Å². The van der Waals surface area contributed by atoms with Gasteiger partial charge in [0.1, 0.15) is 6.33 Å². The Kier molecular flexibility index (Phi) is 2.94. The van der Waals surface area contributed by atoms with E-state index in [1.54, 1.807) is 18.3 Å². The van der Waals surface area contributed by atoms with Crippen molar-refractivity contribution >= 4 is 11.6 Å². The molecule has 0 aliphatic carbocycles. The Morgan fingerprint density at radius 3 is 2.60 bits per heavy atom. The van der Waals surface area contributed by atoms with Crippen molar-refractivity contribution in [3.05, 3.63) is 47.4 Å². The Morgan fingerprint density at radius 1 is 1.20 bits per heavy atom. The van der Waals surface area contributed by atoms with E-state index in [0.29, 0.717) is 10.6 Å².